The number of piperidine rings is 1. The maximum absolute atomic E-state index is 12.7. The van der Waals surface area contributed by atoms with Gasteiger partial charge in [0.2, 0.25) is 5.91 Å². The molecule has 0 bridgehead atoms. The number of carbonyl (C=O) groups excluding carboxylic acids is 2. The van der Waals surface area contributed by atoms with Crippen LogP contribution in [0.1, 0.15) is 18.4 Å². The normalized spacial score (nSPS) is 24.3. The van der Waals surface area contributed by atoms with Crippen LogP contribution in [0, 0.1) is 17.2 Å². The van der Waals surface area contributed by atoms with E-state index in [1.165, 1.54) is 9.80 Å². The molecule has 0 saturated carbocycles. The third kappa shape index (κ3) is 2.90. The van der Waals surface area contributed by atoms with Crippen molar-refractivity contribution < 1.29 is 9.59 Å². The molecule has 2 aliphatic heterocycles. The number of halogens is 1. The molecule has 120 valence electrons. The lowest BCUT2D eigenvalue weighted by Crippen LogP contribution is -2.67. The second-order valence-corrected chi connectivity index (χ2v) is 6.14. The quantitative estimate of drug-likeness (QED) is 0.858. The van der Waals surface area contributed by atoms with Crippen LogP contribution in [-0.4, -0.2) is 41.0 Å². The molecule has 1 aromatic carbocycles. The van der Waals surface area contributed by atoms with E-state index in [0.29, 0.717) is 11.4 Å². The van der Waals surface area contributed by atoms with Crippen LogP contribution in [0.15, 0.2) is 24.3 Å². The lowest BCUT2D eigenvalue weighted by molar-refractivity contribution is -0.141. The van der Waals surface area contributed by atoms with Gasteiger partial charge < -0.3 is 0 Å². The van der Waals surface area contributed by atoms with Gasteiger partial charge in [0, 0.05) is 5.02 Å². The summed E-state index contributed by atoms with van der Waals surface area (Å²) in [5, 5.41) is 12.7. The number of hydrogen-bond donors (Lipinski definition) is 1. The fourth-order valence-electron chi connectivity index (χ4n) is 3.21. The van der Waals surface area contributed by atoms with Crippen molar-refractivity contribution in [2.45, 2.75) is 25.6 Å². The summed E-state index contributed by atoms with van der Waals surface area (Å²) in [5.41, 5.74) is 0.718. The first-order chi connectivity index (χ1) is 11.1. The third-order valence-electron chi connectivity index (χ3n) is 4.35. The average molecular weight is 333 g/mol. The molecule has 0 aliphatic carbocycles. The van der Waals surface area contributed by atoms with E-state index in [4.69, 9.17) is 16.9 Å². The van der Waals surface area contributed by atoms with E-state index in [2.05, 4.69) is 5.32 Å². The number of nitriles is 1. The monoisotopic (exact) mass is 332 g/mol. The van der Waals surface area contributed by atoms with Crippen LogP contribution in [0.3, 0.4) is 0 Å². The van der Waals surface area contributed by atoms with Crippen molar-refractivity contribution >= 4 is 23.5 Å². The topological polar surface area (TPSA) is 76.4 Å². The predicted molar refractivity (Wildman–Crippen MR) is 84.2 cm³/mol. The maximum Gasteiger partial charge on any atom is 0.329 e. The van der Waals surface area contributed by atoms with Gasteiger partial charge >= 0.3 is 6.03 Å². The summed E-state index contributed by atoms with van der Waals surface area (Å²) in [4.78, 5) is 28.1. The molecule has 0 spiro atoms. The highest BCUT2D eigenvalue weighted by Crippen LogP contribution is 2.29. The first kappa shape index (κ1) is 15.8. The van der Waals surface area contributed by atoms with E-state index in [9.17, 15) is 9.59 Å². The Bertz CT molecular complexity index is 672. The molecule has 3 amide bonds. The summed E-state index contributed by atoms with van der Waals surface area (Å²) in [6.07, 6.45) is 1.21. The molecule has 2 saturated heterocycles. The Kier molecular flexibility index (Phi) is 4.51. The summed E-state index contributed by atoms with van der Waals surface area (Å²) in [5.74, 6) is -0.501. The fraction of sp³-hybridized carbons (Fsp3) is 0.438. The van der Waals surface area contributed by atoms with Crippen LogP contribution >= 0.6 is 11.6 Å². The minimum Gasteiger partial charge on any atom is -0.296 e. The molecular weight excluding hydrogens is 316 g/mol. The lowest BCUT2D eigenvalue weighted by Gasteiger charge is -2.46. The molecule has 6 nitrogen and oxygen atoms in total. The second kappa shape index (κ2) is 6.57. The molecule has 23 heavy (non-hydrogen) atoms. The van der Waals surface area contributed by atoms with Gasteiger partial charge in [-0.3, -0.25) is 19.9 Å². The predicted octanol–water partition coefficient (Wildman–Crippen LogP) is 1.95. The molecule has 2 unspecified atom stereocenters. The maximum atomic E-state index is 12.7. The Hall–Kier alpha value is -2.10. The minimum atomic E-state index is -0.438. The smallest absolute Gasteiger partial charge is 0.296 e. The van der Waals surface area contributed by atoms with Gasteiger partial charge in [-0.05, 0) is 31.0 Å². The molecule has 2 aliphatic rings. The Morgan fingerprint density at radius 2 is 2.13 bits per heavy atom. The van der Waals surface area contributed by atoms with Crippen molar-refractivity contribution in [2.24, 2.45) is 5.92 Å². The summed E-state index contributed by atoms with van der Waals surface area (Å²) in [6.45, 7) is 0.829. The minimum absolute atomic E-state index is 0.0424. The molecule has 2 fully saturated rings. The number of imide groups is 1. The van der Waals surface area contributed by atoms with Gasteiger partial charge in [0.25, 0.3) is 0 Å². The Labute approximate surface area is 139 Å². The number of amides is 3. The van der Waals surface area contributed by atoms with E-state index in [0.717, 1.165) is 18.5 Å². The summed E-state index contributed by atoms with van der Waals surface area (Å²) < 4.78 is 0. The number of carbonyl (C=O) groups is 2. The SMILES string of the molecule is N#CCN1C(=O)N(Cc2ccccc2Cl)C(=O)C2CCCNC21. The molecule has 1 N–H and O–H groups in total. The molecule has 1 aromatic rings. The molecular formula is C16H17ClN4O2. The number of fused-ring (bicyclic) bond motifs is 1. The van der Waals surface area contributed by atoms with E-state index in [1.807, 2.05) is 12.1 Å². The fourth-order valence-corrected chi connectivity index (χ4v) is 3.41. The zero-order chi connectivity index (χ0) is 16.4. The van der Waals surface area contributed by atoms with Crippen LogP contribution in [0.2, 0.25) is 5.02 Å². The summed E-state index contributed by atoms with van der Waals surface area (Å²) in [6, 6.07) is 8.72. The summed E-state index contributed by atoms with van der Waals surface area (Å²) in [7, 11) is 0. The number of nitrogens with one attached hydrogen (secondary N) is 1. The second-order valence-electron chi connectivity index (χ2n) is 5.73. The van der Waals surface area contributed by atoms with Gasteiger partial charge in [0.05, 0.1) is 24.7 Å². The van der Waals surface area contributed by atoms with Crippen molar-refractivity contribution in [1.29, 1.82) is 5.26 Å². The van der Waals surface area contributed by atoms with Crippen molar-refractivity contribution in [3.63, 3.8) is 0 Å². The van der Waals surface area contributed by atoms with E-state index < -0.39 is 6.03 Å². The molecule has 2 heterocycles. The number of rotatable bonds is 3. The van der Waals surface area contributed by atoms with E-state index in [-0.39, 0.29) is 31.1 Å². The van der Waals surface area contributed by atoms with E-state index >= 15 is 0 Å². The Morgan fingerprint density at radius 3 is 2.87 bits per heavy atom. The largest absolute Gasteiger partial charge is 0.329 e. The number of urea groups is 1. The highest BCUT2D eigenvalue weighted by molar-refractivity contribution is 6.31. The van der Waals surface area contributed by atoms with Gasteiger partial charge in [-0.15, -0.1) is 0 Å². The van der Waals surface area contributed by atoms with Crippen molar-refractivity contribution in [3.05, 3.63) is 34.9 Å². The molecule has 0 radical (unpaired) electrons. The average Bonchev–Trinajstić information content (AvgIpc) is 2.57. The Balaban J connectivity index is 1.90. The summed E-state index contributed by atoms with van der Waals surface area (Å²) >= 11 is 6.15. The Morgan fingerprint density at radius 1 is 1.35 bits per heavy atom. The molecule has 0 aromatic heterocycles. The van der Waals surface area contributed by atoms with Crippen molar-refractivity contribution in [1.82, 2.24) is 15.1 Å². The van der Waals surface area contributed by atoms with Crippen molar-refractivity contribution in [2.75, 3.05) is 13.1 Å². The van der Waals surface area contributed by atoms with Gasteiger partial charge in [0.1, 0.15) is 6.54 Å². The van der Waals surface area contributed by atoms with Gasteiger partial charge in [-0.1, -0.05) is 29.8 Å². The van der Waals surface area contributed by atoms with Crippen LogP contribution in [0.5, 0.6) is 0 Å². The van der Waals surface area contributed by atoms with Crippen LogP contribution in [-0.2, 0) is 11.3 Å². The van der Waals surface area contributed by atoms with E-state index in [1.54, 1.807) is 18.2 Å². The number of benzene rings is 1. The van der Waals surface area contributed by atoms with Crippen LogP contribution in [0.25, 0.3) is 0 Å². The lowest BCUT2D eigenvalue weighted by atomic mass is 9.91. The first-order valence-electron chi connectivity index (χ1n) is 7.59. The zero-order valence-corrected chi connectivity index (χ0v) is 13.3. The van der Waals surface area contributed by atoms with Gasteiger partial charge in [0.15, 0.2) is 0 Å². The molecule has 7 heteroatoms. The van der Waals surface area contributed by atoms with Crippen LogP contribution in [0.4, 0.5) is 4.79 Å². The molecule has 2 atom stereocenters. The molecule has 3 rings (SSSR count). The van der Waals surface area contributed by atoms with Gasteiger partial charge in [-0.2, -0.15) is 5.26 Å². The van der Waals surface area contributed by atoms with Crippen molar-refractivity contribution in [3.8, 4) is 6.07 Å². The standard InChI is InChI=1S/C16H17ClN4O2/c17-13-6-2-1-4-11(13)10-21-15(22)12-5-3-8-19-14(12)20(9-7-18)16(21)23/h1-2,4,6,12,14,19H,3,5,8-10H2. The third-order valence-corrected chi connectivity index (χ3v) is 4.72. The number of nitrogens with zero attached hydrogens (tertiary/aromatic N) is 3. The highest BCUT2D eigenvalue weighted by Gasteiger charge is 2.46. The highest BCUT2D eigenvalue weighted by atomic mass is 35.5. The number of hydrogen-bond acceptors (Lipinski definition) is 4. The van der Waals surface area contributed by atoms with Gasteiger partial charge in [-0.25, -0.2) is 4.79 Å². The zero-order valence-electron chi connectivity index (χ0n) is 12.5. The van der Waals surface area contributed by atoms with Crippen LogP contribution < -0.4 is 5.32 Å². The first-order valence-corrected chi connectivity index (χ1v) is 7.97.